The molecule has 0 aliphatic rings. The Labute approximate surface area is 167 Å². The Morgan fingerprint density at radius 1 is 0.737 bits per heavy atom. The maximum atomic E-state index is 10.6. The van der Waals surface area contributed by atoms with Crippen LogP contribution in [0.3, 0.4) is 0 Å². The predicted molar refractivity (Wildman–Crippen MR) is 62.0 cm³/mol. The van der Waals surface area contributed by atoms with Gasteiger partial charge in [-0.1, -0.05) is 0 Å². The molecule has 19 heavy (non-hydrogen) atoms. The van der Waals surface area contributed by atoms with Gasteiger partial charge >= 0.3 is 23.9 Å². The van der Waals surface area contributed by atoms with Crippen molar-refractivity contribution in [2.45, 2.75) is 24.9 Å². The minimum Gasteiger partial charge on any atom is -0.481 e. The molecule has 9 nitrogen and oxygen atoms in total. The molecule has 0 heterocycles. The zero-order chi connectivity index (χ0) is 13.6. The monoisotopic (exact) mass is 329 g/mol. The third-order valence-corrected chi connectivity index (χ3v) is 1.76. The summed E-state index contributed by atoms with van der Waals surface area (Å²) in [6.07, 6.45) is -1.70. The summed E-state index contributed by atoms with van der Waals surface area (Å²) in [6.45, 7) is 0. The van der Waals surface area contributed by atoms with Crippen molar-refractivity contribution < 1.29 is 39.6 Å². The van der Waals surface area contributed by atoms with E-state index >= 15 is 0 Å². The van der Waals surface area contributed by atoms with E-state index in [-0.39, 0.29) is 75.5 Å². The van der Waals surface area contributed by atoms with E-state index in [4.69, 9.17) is 20.4 Å². The van der Waals surface area contributed by atoms with Crippen LogP contribution in [0, 0.1) is 0 Å². The van der Waals surface area contributed by atoms with Gasteiger partial charge in [0.2, 0.25) is 0 Å². The molecule has 0 aliphatic carbocycles. The average Bonchev–Trinajstić information content (AvgIpc) is 2.13. The van der Waals surface area contributed by atoms with Crippen molar-refractivity contribution in [3.63, 3.8) is 0 Å². The quantitative estimate of drug-likeness (QED) is 0.307. The molecule has 0 aromatic rings. The van der Waals surface area contributed by atoms with Gasteiger partial charge in [0.1, 0.15) is 12.1 Å². The SMILES string of the molecule is O=C(O)CC(NC(CC(=O)O)C(=O)O)C(=O)O.[Ca].[Ca]. The second kappa shape index (κ2) is 12.1. The molecule has 4 radical (unpaired) electrons. The number of hydrogen-bond acceptors (Lipinski definition) is 5. The van der Waals surface area contributed by atoms with Gasteiger partial charge in [-0.2, -0.15) is 0 Å². The Hall–Kier alpha value is 0.359. The van der Waals surface area contributed by atoms with Gasteiger partial charge in [-0.25, -0.2) is 0 Å². The molecule has 2 atom stereocenters. The smallest absolute Gasteiger partial charge is 0.321 e. The second-order valence-electron chi connectivity index (χ2n) is 3.14. The largest absolute Gasteiger partial charge is 0.481 e. The fourth-order valence-electron chi connectivity index (χ4n) is 1.03. The van der Waals surface area contributed by atoms with Crippen LogP contribution in [0.2, 0.25) is 0 Å². The predicted octanol–water partition coefficient (Wildman–Crippen LogP) is -2.33. The van der Waals surface area contributed by atoms with E-state index in [1.54, 1.807) is 0 Å². The zero-order valence-corrected chi connectivity index (χ0v) is 14.3. The molecular formula is C8H11Ca2NO8. The minimum atomic E-state index is -1.66. The summed E-state index contributed by atoms with van der Waals surface area (Å²) in [5.41, 5.74) is 0. The van der Waals surface area contributed by atoms with Gasteiger partial charge < -0.3 is 20.4 Å². The summed E-state index contributed by atoms with van der Waals surface area (Å²) in [7, 11) is 0. The van der Waals surface area contributed by atoms with Gasteiger partial charge in [0.05, 0.1) is 12.8 Å². The molecule has 0 fully saturated rings. The van der Waals surface area contributed by atoms with Crippen molar-refractivity contribution in [1.29, 1.82) is 0 Å². The molecule has 0 aromatic heterocycles. The Morgan fingerprint density at radius 2 is 1.00 bits per heavy atom. The van der Waals surface area contributed by atoms with Crippen molar-refractivity contribution in [1.82, 2.24) is 5.32 Å². The molecule has 11 heteroatoms. The zero-order valence-electron chi connectivity index (χ0n) is 9.90. The first-order valence-corrected chi connectivity index (χ1v) is 4.39. The van der Waals surface area contributed by atoms with E-state index < -0.39 is 48.8 Å². The van der Waals surface area contributed by atoms with Crippen molar-refractivity contribution in [3.05, 3.63) is 0 Å². The van der Waals surface area contributed by atoms with Crippen LogP contribution in [0.5, 0.6) is 0 Å². The van der Waals surface area contributed by atoms with E-state index in [1.165, 1.54) is 0 Å². The van der Waals surface area contributed by atoms with Gasteiger partial charge in [0.25, 0.3) is 0 Å². The second-order valence-corrected chi connectivity index (χ2v) is 3.14. The molecule has 0 saturated carbocycles. The molecule has 100 valence electrons. The van der Waals surface area contributed by atoms with Crippen LogP contribution in [-0.4, -0.2) is 132 Å². The van der Waals surface area contributed by atoms with Gasteiger partial charge in [-0.3, -0.25) is 24.5 Å². The van der Waals surface area contributed by atoms with Crippen molar-refractivity contribution in [2.24, 2.45) is 0 Å². The van der Waals surface area contributed by atoms with Crippen LogP contribution in [0.4, 0.5) is 0 Å². The molecule has 0 rings (SSSR count). The van der Waals surface area contributed by atoms with Gasteiger partial charge in [0.15, 0.2) is 0 Å². The van der Waals surface area contributed by atoms with Crippen LogP contribution in [0.15, 0.2) is 0 Å². The third-order valence-electron chi connectivity index (χ3n) is 1.76. The van der Waals surface area contributed by atoms with Crippen molar-refractivity contribution in [2.75, 3.05) is 0 Å². The minimum absolute atomic E-state index is 0. The van der Waals surface area contributed by atoms with Crippen molar-refractivity contribution >= 4 is 99.4 Å². The number of carbonyl (C=O) groups is 4. The van der Waals surface area contributed by atoms with Crippen LogP contribution < -0.4 is 5.32 Å². The molecule has 0 saturated heterocycles. The summed E-state index contributed by atoms with van der Waals surface area (Å²) >= 11 is 0. The molecule has 2 unspecified atom stereocenters. The molecule has 0 amide bonds. The number of rotatable bonds is 8. The Bertz CT molecular complexity index is 316. The number of carboxylic acid groups (broad SMARTS) is 4. The molecule has 0 aromatic carbocycles. The first-order valence-electron chi connectivity index (χ1n) is 4.39. The summed E-state index contributed by atoms with van der Waals surface area (Å²) in [4.78, 5) is 41.9. The van der Waals surface area contributed by atoms with Crippen LogP contribution in [-0.2, 0) is 19.2 Å². The van der Waals surface area contributed by atoms with Crippen LogP contribution in [0.25, 0.3) is 0 Å². The average molecular weight is 329 g/mol. The van der Waals surface area contributed by atoms with Crippen LogP contribution >= 0.6 is 0 Å². The molecule has 0 aliphatic heterocycles. The molecule has 5 N–H and O–H groups in total. The summed E-state index contributed by atoms with van der Waals surface area (Å²) < 4.78 is 0. The normalized spacial score (nSPS) is 12.2. The van der Waals surface area contributed by atoms with E-state index in [1.807, 2.05) is 5.32 Å². The van der Waals surface area contributed by atoms with Gasteiger partial charge in [-0.05, 0) is 0 Å². The Morgan fingerprint density at radius 3 is 1.16 bits per heavy atom. The standard InChI is InChI=1S/C8H11NO8.2Ca/c10-5(11)1-3(7(14)15)9-4(8(16)17)2-6(12)13;;/h3-4,9H,1-2H2,(H,10,11)(H,12,13)(H,14,15)(H,16,17);;. The van der Waals surface area contributed by atoms with Gasteiger partial charge in [0, 0.05) is 75.5 Å². The summed E-state index contributed by atoms with van der Waals surface area (Å²) in [5.74, 6) is -6.01. The molecule has 0 bridgehead atoms. The maximum Gasteiger partial charge on any atom is 0.321 e. The van der Waals surface area contributed by atoms with E-state index in [0.717, 1.165) is 0 Å². The van der Waals surface area contributed by atoms with E-state index in [9.17, 15) is 19.2 Å². The van der Waals surface area contributed by atoms with Gasteiger partial charge in [-0.15, -0.1) is 0 Å². The summed E-state index contributed by atoms with van der Waals surface area (Å²) in [5, 5.41) is 36.0. The number of carboxylic acids is 4. The fraction of sp³-hybridized carbons (Fsp3) is 0.500. The number of hydrogen-bond donors (Lipinski definition) is 5. The number of nitrogens with one attached hydrogen (secondary N) is 1. The van der Waals surface area contributed by atoms with E-state index in [0.29, 0.717) is 0 Å². The molecule has 0 spiro atoms. The van der Waals surface area contributed by atoms with Crippen LogP contribution in [0.1, 0.15) is 12.8 Å². The summed E-state index contributed by atoms with van der Waals surface area (Å²) in [6, 6.07) is -3.32. The first-order chi connectivity index (χ1) is 7.73. The fourth-order valence-corrected chi connectivity index (χ4v) is 1.03. The van der Waals surface area contributed by atoms with Crippen molar-refractivity contribution in [3.8, 4) is 0 Å². The maximum absolute atomic E-state index is 10.6. The molecular weight excluding hydrogens is 318 g/mol. The van der Waals surface area contributed by atoms with E-state index in [2.05, 4.69) is 0 Å². The Kier molecular flexibility index (Phi) is 15.6. The first kappa shape index (κ1) is 24.4. The Balaban J connectivity index is -0.00000128. The topological polar surface area (TPSA) is 161 Å². The number of aliphatic carboxylic acids is 4. The third kappa shape index (κ3) is 11.9.